The largest absolute Gasteiger partial charge is 0.343 e. The fraction of sp³-hybridized carbons (Fsp3) is 0.500. The van der Waals surface area contributed by atoms with Gasteiger partial charge in [-0.25, -0.2) is 15.7 Å². The summed E-state index contributed by atoms with van der Waals surface area (Å²) in [7, 11) is 0. The highest BCUT2D eigenvalue weighted by atomic mass is 32.2. The second kappa shape index (κ2) is 7.04. The van der Waals surface area contributed by atoms with Gasteiger partial charge in [-0.2, -0.15) is 0 Å². The Morgan fingerprint density at radius 3 is 3.05 bits per heavy atom. The molecule has 0 aliphatic heterocycles. The summed E-state index contributed by atoms with van der Waals surface area (Å²) in [5.74, 6) is 5.16. The number of hydrogen-bond acceptors (Lipinski definition) is 7. The summed E-state index contributed by atoms with van der Waals surface area (Å²) < 4.78 is 3.13. The van der Waals surface area contributed by atoms with Gasteiger partial charge >= 0.3 is 5.69 Å². The van der Waals surface area contributed by atoms with E-state index in [1.165, 1.54) is 22.6 Å². The number of hydrazine groups is 1. The molecule has 21 heavy (non-hydrogen) atoms. The second-order valence-corrected chi connectivity index (χ2v) is 5.21. The van der Waals surface area contributed by atoms with Crippen LogP contribution in [-0.2, 0) is 13.1 Å². The summed E-state index contributed by atoms with van der Waals surface area (Å²) in [4.78, 5) is 22.8. The molecule has 0 aliphatic carbocycles. The third-order valence-electron chi connectivity index (χ3n) is 2.62. The smallest absolute Gasteiger partial charge is 0.289 e. The molecule has 11 heteroatoms. The first kappa shape index (κ1) is 15.3. The van der Waals surface area contributed by atoms with E-state index in [2.05, 4.69) is 20.5 Å². The number of aromatic amines is 1. The lowest BCUT2D eigenvalue weighted by molar-refractivity contribution is 0.0948. The number of aromatic nitrogens is 6. The number of nitrogen functional groups attached to an aromatic ring is 1. The molecular formula is C10H16N8O2S. The van der Waals surface area contributed by atoms with E-state index in [-0.39, 0.29) is 11.4 Å². The molecule has 0 bridgehead atoms. The van der Waals surface area contributed by atoms with Gasteiger partial charge in [-0.3, -0.25) is 19.5 Å². The maximum absolute atomic E-state index is 11.5. The first-order chi connectivity index (χ1) is 10.2. The molecule has 0 radical (unpaired) electrons. The molecule has 0 saturated heterocycles. The van der Waals surface area contributed by atoms with Gasteiger partial charge in [-0.05, 0) is 6.42 Å². The van der Waals surface area contributed by atoms with Gasteiger partial charge in [0, 0.05) is 12.3 Å². The molecule has 0 atom stereocenters. The Morgan fingerprint density at radius 1 is 1.52 bits per heavy atom. The van der Waals surface area contributed by atoms with Gasteiger partial charge in [0.25, 0.3) is 5.91 Å². The fourth-order valence-corrected chi connectivity index (χ4v) is 2.55. The summed E-state index contributed by atoms with van der Waals surface area (Å²) >= 11 is 1.43. The van der Waals surface area contributed by atoms with Crippen LogP contribution in [0.1, 0.15) is 23.8 Å². The van der Waals surface area contributed by atoms with Crippen molar-refractivity contribution in [2.45, 2.75) is 31.6 Å². The van der Waals surface area contributed by atoms with Gasteiger partial charge in [-0.1, -0.05) is 23.9 Å². The third-order valence-corrected chi connectivity index (χ3v) is 3.58. The van der Waals surface area contributed by atoms with E-state index in [1.54, 1.807) is 4.57 Å². The standard InChI is InChI=1S/C10H16N8O2S/c1-2-3-18-9(20)14-15-10(18)21-5-4-17-6-7(13-16-17)8(19)12-11/h6H,2-5,11H2,1H3,(H,12,19)(H,14,20). The number of nitrogens with two attached hydrogens (primary N) is 1. The lowest BCUT2D eigenvalue weighted by Crippen LogP contribution is -2.30. The van der Waals surface area contributed by atoms with Crippen LogP contribution in [0.15, 0.2) is 16.1 Å². The molecule has 0 aromatic carbocycles. The van der Waals surface area contributed by atoms with E-state index in [0.29, 0.717) is 24.0 Å². The Morgan fingerprint density at radius 2 is 2.33 bits per heavy atom. The lowest BCUT2D eigenvalue weighted by atomic mass is 10.5. The van der Waals surface area contributed by atoms with Crippen LogP contribution in [0.4, 0.5) is 0 Å². The number of amides is 1. The maximum atomic E-state index is 11.5. The van der Waals surface area contributed by atoms with Crippen molar-refractivity contribution in [2.24, 2.45) is 5.84 Å². The van der Waals surface area contributed by atoms with Crippen molar-refractivity contribution < 1.29 is 4.79 Å². The molecule has 10 nitrogen and oxygen atoms in total. The highest BCUT2D eigenvalue weighted by molar-refractivity contribution is 7.99. The molecule has 0 aliphatic rings. The van der Waals surface area contributed by atoms with Crippen LogP contribution in [0.2, 0.25) is 0 Å². The first-order valence-corrected chi connectivity index (χ1v) is 7.33. The Balaban J connectivity index is 1.91. The van der Waals surface area contributed by atoms with Crippen molar-refractivity contribution in [3.8, 4) is 0 Å². The highest BCUT2D eigenvalue weighted by Crippen LogP contribution is 2.13. The maximum Gasteiger partial charge on any atom is 0.343 e. The van der Waals surface area contributed by atoms with Crippen molar-refractivity contribution >= 4 is 17.7 Å². The van der Waals surface area contributed by atoms with E-state index < -0.39 is 5.91 Å². The summed E-state index contributed by atoms with van der Waals surface area (Å²) in [6, 6.07) is 0. The number of carbonyl (C=O) groups is 1. The Kier molecular flexibility index (Phi) is 5.11. The Labute approximate surface area is 124 Å². The van der Waals surface area contributed by atoms with Crippen LogP contribution in [-0.4, -0.2) is 41.4 Å². The molecule has 1 amide bonds. The predicted octanol–water partition coefficient (Wildman–Crippen LogP) is -1.03. The minimum Gasteiger partial charge on any atom is -0.289 e. The van der Waals surface area contributed by atoms with E-state index >= 15 is 0 Å². The second-order valence-electron chi connectivity index (χ2n) is 4.15. The van der Waals surface area contributed by atoms with Crippen LogP contribution in [0, 0.1) is 0 Å². The van der Waals surface area contributed by atoms with E-state index in [1.807, 2.05) is 12.3 Å². The number of H-pyrrole nitrogens is 1. The summed E-state index contributed by atoms with van der Waals surface area (Å²) in [6.45, 7) is 3.15. The number of carbonyl (C=O) groups excluding carboxylic acids is 1. The number of aryl methyl sites for hydroxylation is 1. The molecule has 0 saturated carbocycles. The van der Waals surface area contributed by atoms with Crippen LogP contribution in [0.5, 0.6) is 0 Å². The number of hydrogen-bond donors (Lipinski definition) is 3. The van der Waals surface area contributed by atoms with Gasteiger partial charge < -0.3 is 0 Å². The van der Waals surface area contributed by atoms with Crippen molar-refractivity contribution in [2.75, 3.05) is 5.75 Å². The Hall–Kier alpha value is -2.14. The molecule has 114 valence electrons. The average molecular weight is 312 g/mol. The zero-order chi connectivity index (χ0) is 15.2. The van der Waals surface area contributed by atoms with E-state index in [4.69, 9.17) is 5.84 Å². The van der Waals surface area contributed by atoms with Crippen molar-refractivity contribution in [3.63, 3.8) is 0 Å². The van der Waals surface area contributed by atoms with Gasteiger partial charge in [0.05, 0.1) is 12.7 Å². The van der Waals surface area contributed by atoms with Gasteiger partial charge in [0.1, 0.15) is 0 Å². The Bertz CT molecular complexity index is 660. The molecule has 4 N–H and O–H groups in total. The number of rotatable bonds is 7. The molecule has 0 fully saturated rings. The molecular weight excluding hydrogens is 296 g/mol. The number of nitrogens with one attached hydrogen (secondary N) is 2. The molecule has 2 aromatic rings. The SMILES string of the molecule is CCCn1c(SCCn2cc(C(=O)NN)nn2)n[nH]c1=O. The normalized spacial score (nSPS) is 10.8. The van der Waals surface area contributed by atoms with E-state index in [0.717, 1.165) is 6.42 Å². The zero-order valence-electron chi connectivity index (χ0n) is 11.4. The van der Waals surface area contributed by atoms with Gasteiger partial charge in [0.2, 0.25) is 0 Å². The average Bonchev–Trinajstić information content (AvgIpc) is 3.08. The number of thioether (sulfide) groups is 1. The quantitative estimate of drug-likeness (QED) is 0.257. The summed E-state index contributed by atoms with van der Waals surface area (Å²) in [5.41, 5.74) is 1.94. The van der Waals surface area contributed by atoms with Crippen LogP contribution < -0.4 is 17.0 Å². The lowest BCUT2D eigenvalue weighted by Gasteiger charge is -2.03. The monoisotopic (exact) mass is 312 g/mol. The molecule has 0 unspecified atom stereocenters. The summed E-state index contributed by atoms with van der Waals surface area (Å²) in [6.07, 6.45) is 2.36. The fourth-order valence-electron chi connectivity index (χ4n) is 1.65. The van der Waals surface area contributed by atoms with Crippen molar-refractivity contribution in [1.29, 1.82) is 0 Å². The molecule has 0 spiro atoms. The third kappa shape index (κ3) is 3.70. The van der Waals surface area contributed by atoms with E-state index in [9.17, 15) is 9.59 Å². The minimum atomic E-state index is -0.488. The van der Waals surface area contributed by atoms with Gasteiger partial charge in [-0.15, -0.1) is 10.2 Å². The van der Waals surface area contributed by atoms with Crippen molar-refractivity contribution in [1.82, 2.24) is 35.2 Å². The zero-order valence-corrected chi connectivity index (χ0v) is 12.3. The topological polar surface area (TPSA) is 137 Å². The first-order valence-electron chi connectivity index (χ1n) is 6.34. The van der Waals surface area contributed by atoms with Crippen LogP contribution in [0.25, 0.3) is 0 Å². The molecule has 2 aromatic heterocycles. The number of nitrogens with zero attached hydrogens (tertiary/aromatic N) is 5. The van der Waals surface area contributed by atoms with Crippen LogP contribution >= 0.6 is 11.8 Å². The van der Waals surface area contributed by atoms with Crippen LogP contribution in [0.3, 0.4) is 0 Å². The van der Waals surface area contributed by atoms with Crippen molar-refractivity contribution in [3.05, 3.63) is 22.4 Å². The van der Waals surface area contributed by atoms with Gasteiger partial charge in [0.15, 0.2) is 10.9 Å². The molecule has 2 heterocycles. The summed E-state index contributed by atoms with van der Waals surface area (Å²) in [5, 5.41) is 14.6. The minimum absolute atomic E-state index is 0.158. The molecule has 2 rings (SSSR count). The predicted molar refractivity (Wildman–Crippen MR) is 75.5 cm³/mol. The highest BCUT2D eigenvalue weighted by Gasteiger charge is 2.10.